The molecule has 0 unspecified atom stereocenters. The van der Waals surface area contributed by atoms with E-state index >= 15 is 0 Å². The van der Waals surface area contributed by atoms with Crippen LogP contribution < -0.4 is 4.74 Å². The van der Waals surface area contributed by atoms with Gasteiger partial charge in [0.25, 0.3) is 0 Å². The molecule has 4 rings (SSSR count). The first-order chi connectivity index (χ1) is 19.0. The first-order valence-corrected chi connectivity index (χ1v) is 14.7. The zero-order valence-corrected chi connectivity index (χ0v) is 23.7. The lowest BCUT2D eigenvalue weighted by molar-refractivity contribution is -0.138. The van der Waals surface area contributed by atoms with Crippen molar-refractivity contribution in [1.29, 1.82) is 0 Å². The molecule has 0 aliphatic carbocycles. The molecule has 0 spiro atoms. The number of thiazole rings is 1. The van der Waals surface area contributed by atoms with Gasteiger partial charge in [-0.05, 0) is 47.6 Å². The zero-order chi connectivity index (χ0) is 27.5. The van der Waals surface area contributed by atoms with Crippen molar-refractivity contribution in [2.24, 2.45) is 0 Å². The molecule has 0 saturated heterocycles. The molecule has 1 heterocycles. The number of hydrogen-bond donors (Lipinski definition) is 1. The molecule has 39 heavy (non-hydrogen) atoms. The molecule has 0 saturated carbocycles. The summed E-state index contributed by atoms with van der Waals surface area (Å²) >= 11 is 1.56. The smallest absolute Gasteiger partial charge is 0.317 e. The lowest BCUT2D eigenvalue weighted by Gasteiger charge is -2.19. The summed E-state index contributed by atoms with van der Waals surface area (Å²) in [4.78, 5) is 18.1. The zero-order valence-electron chi connectivity index (χ0n) is 22.9. The highest BCUT2D eigenvalue weighted by Crippen LogP contribution is 2.28. The number of benzene rings is 3. The molecule has 4 aromatic rings. The number of carbonyl (C=O) groups is 1. The van der Waals surface area contributed by atoms with E-state index in [1.807, 2.05) is 40.6 Å². The second kappa shape index (κ2) is 14.6. The molecule has 0 aliphatic heterocycles. The summed E-state index contributed by atoms with van der Waals surface area (Å²) in [5.41, 5.74) is 5.53. The second-order valence-electron chi connectivity index (χ2n) is 9.98. The molecular formula is C33H38N2O3S. The molecule has 204 valence electrons. The fourth-order valence-electron chi connectivity index (χ4n) is 4.86. The van der Waals surface area contributed by atoms with E-state index in [9.17, 15) is 9.90 Å². The third-order valence-electron chi connectivity index (χ3n) is 6.80. The first kappa shape index (κ1) is 28.5. The lowest BCUT2D eigenvalue weighted by atomic mass is 9.90. The first-order valence-electron chi connectivity index (χ1n) is 13.8. The van der Waals surface area contributed by atoms with Crippen LogP contribution in [0.4, 0.5) is 0 Å². The summed E-state index contributed by atoms with van der Waals surface area (Å²) in [5, 5.41) is 12.3. The Kier molecular flexibility index (Phi) is 10.7. The van der Waals surface area contributed by atoms with Crippen LogP contribution in [-0.2, 0) is 24.5 Å². The van der Waals surface area contributed by atoms with Crippen LogP contribution in [0.1, 0.15) is 67.1 Å². The van der Waals surface area contributed by atoms with Crippen LogP contribution in [0.2, 0.25) is 0 Å². The van der Waals surface area contributed by atoms with Gasteiger partial charge in [0.15, 0.2) is 0 Å². The molecule has 0 amide bonds. The molecule has 0 bridgehead atoms. The molecular weight excluding hydrogens is 504 g/mol. The average Bonchev–Trinajstić information content (AvgIpc) is 3.41. The number of carboxylic acids is 1. The van der Waals surface area contributed by atoms with Gasteiger partial charge in [-0.1, -0.05) is 93.4 Å². The van der Waals surface area contributed by atoms with Crippen LogP contribution in [0, 0.1) is 0 Å². The summed E-state index contributed by atoms with van der Waals surface area (Å²) in [6.45, 7) is 6.05. The Morgan fingerprint density at radius 3 is 2.23 bits per heavy atom. The maximum atomic E-state index is 11.4. The summed E-state index contributed by atoms with van der Waals surface area (Å²) in [6.07, 6.45) is 4.88. The Morgan fingerprint density at radius 2 is 1.59 bits per heavy atom. The highest BCUT2D eigenvalue weighted by atomic mass is 32.1. The van der Waals surface area contributed by atoms with Gasteiger partial charge in [-0.15, -0.1) is 11.3 Å². The Labute approximate surface area is 236 Å². The monoisotopic (exact) mass is 542 g/mol. The number of rotatable bonds is 15. The van der Waals surface area contributed by atoms with E-state index in [0.717, 1.165) is 33.1 Å². The van der Waals surface area contributed by atoms with Crippen molar-refractivity contribution in [3.05, 3.63) is 106 Å². The minimum Gasteiger partial charge on any atom is -0.489 e. The highest BCUT2D eigenvalue weighted by Gasteiger charge is 2.14. The molecule has 6 heteroatoms. The number of ether oxygens (including phenoxy) is 1. The molecule has 1 aromatic heterocycles. The fraction of sp³-hybridized carbons (Fsp3) is 0.333. The second-order valence-corrected chi connectivity index (χ2v) is 10.9. The van der Waals surface area contributed by atoms with Crippen molar-refractivity contribution in [3.63, 3.8) is 0 Å². The van der Waals surface area contributed by atoms with Gasteiger partial charge in [-0.25, -0.2) is 4.98 Å². The Morgan fingerprint density at radius 1 is 0.897 bits per heavy atom. The van der Waals surface area contributed by atoms with E-state index in [1.165, 1.54) is 31.2 Å². The van der Waals surface area contributed by atoms with Gasteiger partial charge in [-0.2, -0.15) is 0 Å². The summed E-state index contributed by atoms with van der Waals surface area (Å²) < 4.78 is 6.05. The highest BCUT2D eigenvalue weighted by molar-refractivity contribution is 7.09. The standard InChI is InChI=1S/C33H38N2O3S/c1-3-8-27(9-4-2)28-16-18-30(19-17-28)38-23-26-12-14-29(15-13-26)31-24-39-32(34-31)21-35(22-33(36)37)20-25-10-6-5-7-11-25/h5-7,10-19,24,27H,3-4,8-9,20-23H2,1-2H3,(H,36,37). The topological polar surface area (TPSA) is 62.7 Å². The van der Waals surface area contributed by atoms with Crippen molar-refractivity contribution in [3.8, 4) is 17.0 Å². The molecule has 0 atom stereocenters. The SMILES string of the molecule is CCCC(CCC)c1ccc(OCc2ccc(-c3csc(CN(CC(=O)O)Cc4ccccc4)n3)cc2)cc1. The maximum absolute atomic E-state index is 11.4. The number of carboxylic acid groups (broad SMARTS) is 1. The van der Waals surface area contributed by atoms with Gasteiger partial charge in [0.1, 0.15) is 17.4 Å². The van der Waals surface area contributed by atoms with Crippen molar-refractivity contribution in [2.45, 2.75) is 65.1 Å². The number of nitrogens with zero attached hydrogens (tertiary/aromatic N) is 2. The van der Waals surface area contributed by atoms with E-state index in [2.05, 4.69) is 62.4 Å². The third-order valence-corrected chi connectivity index (χ3v) is 7.63. The normalized spacial score (nSPS) is 11.3. The van der Waals surface area contributed by atoms with Crippen LogP contribution >= 0.6 is 11.3 Å². The van der Waals surface area contributed by atoms with Crippen LogP contribution in [0.15, 0.2) is 84.2 Å². The quantitative estimate of drug-likeness (QED) is 0.164. The Hall–Kier alpha value is -3.48. The predicted molar refractivity (Wildman–Crippen MR) is 159 cm³/mol. The van der Waals surface area contributed by atoms with Crippen molar-refractivity contribution in [1.82, 2.24) is 9.88 Å². The molecule has 1 N–H and O–H groups in total. The van der Waals surface area contributed by atoms with E-state index in [-0.39, 0.29) is 6.54 Å². The lowest BCUT2D eigenvalue weighted by Crippen LogP contribution is -2.28. The van der Waals surface area contributed by atoms with Crippen molar-refractivity contribution in [2.75, 3.05) is 6.54 Å². The van der Waals surface area contributed by atoms with Gasteiger partial charge in [-0.3, -0.25) is 9.69 Å². The number of aliphatic carboxylic acids is 1. The summed E-state index contributed by atoms with van der Waals surface area (Å²) in [7, 11) is 0. The van der Waals surface area contributed by atoms with Crippen LogP contribution in [-0.4, -0.2) is 27.5 Å². The Balaban J connectivity index is 1.33. The largest absolute Gasteiger partial charge is 0.489 e. The minimum absolute atomic E-state index is 0.0285. The van der Waals surface area contributed by atoms with E-state index in [4.69, 9.17) is 9.72 Å². The fourth-order valence-corrected chi connectivity index (χ4v) is 5.70. The van der Waals surface area contributed by atoms with Crippen LogP contribution in [0.5, 0.6) is 5.75 Å². The third kappa shape index (κ3) is 8.77. The predicted octanol–water partition coefficient (Wildman–Crippen LogP) is 8.16. The van der Waals surface area contributed by atoms with Gasteiger partial charge in [0, 0.05) is 17.5 Å². The van der Waals surface area contributed by atoms with E-state index in [1.54, 1.807) is 11.3 Å². The van der Waals surface area contributed by atoms with Crippen molar-refractivity contribution >= 4 is 17.3 Å². The molecule has 5 nitrogen and oxygen atoms in total. The van der Waals surface area contributed by atoms with E-state index in [0.29, 0.717) is 25.6 Å². The van der Waals surface area contributed by atoms with Crippen LogP contribution in [0.3, 0.4) is 0 Å². The Bertz CT molecular complexity index is 1280. The average molecular weight is 543 g/mol. The molecule has 3 aromatic carbocycles. The van der Waals surface area contributed by atoms with E-state index < -0.39 is 5.97 Å². The molecule has 0 fully saturated rings. The summed E-state index contributed by atoms with van der Waals surface area (Å²) in [5.74, 6) is 0.686. The van der Waals surface area contributed by atoms with Gasteiger partial charge >= 0.3 is 5.97 Å². The summed E-state index contributed by atoms with van der Waals surface area (Å²) in [6, 6.07) is 26.8. The van der Waals surface area contributed by atoms with Crippen LogP contribution in [0.25, 0.3) is 11.3 Å². The van der Waals surface area contributed by atoms with Gasteiger partial charge in [0.05, 0.1) is 18.8 Å². The minimum atomic E-state index is -0.839. The number of aromatic nitrogens is 1. The molecule has 0 aliphatic rings. The number of hydrogen-bond acceptors (Lipinski definition) is 5. The van der Waals surface area contributed by atoms with Crippen molar-refractivity contribution < 1.29 is 14.6 Å². The maximum Gasteiger partial charge on any atom is 0.317 e. The molecule has 0 radical (unpaired) electrons. The van der Waals surface area contributed by atoms with Gasteiger partial charge < -0.3 is 9.84 Å². The van der Waals surface area contributed by atoms with Gasteiger partial charge in [0.2, 0.25) is 0 Å².